The molecule has 9 nitrogen and oxygen atoms in total. The van der Waals surface area contributed by atoms with Gasteiger partial charge in [-0.3, -0.25) is 0 Å². The molecule has 1 spiro atoms. The molecule has 0 saturated carbocycles. The van der Waals surface area contributed by atoms with Gasteiger partial charge in [-0.25, -0.2) is 19.7 Å². The first-order valence-corrected chi connectivity index (χ1v) is 11.9. The summed E-state index contributed by atoms with van der Waals surface area (Å²) < 4.78 is 5.83. The number of rotatable bonds is 5. The molecular weight excluding hydrogens is 468 g/mol. The van der Waals surface area contributed by atoms with Crippen molar-refractivity contribution in [2.45, 2.75) is 44.8 Å². The average Bonchev–Trinajstić information content (AvgIpc) is 2.82. The highest BCUT2D eigenvalue weighted by atomic mass is 35.5. The fourth-order valence-electron chi connectivity index (χ4n) is 4.89. The molecule has 0 aliphatic carbocycles. The van der Waals surface area contributed by atoms with E-state index < -0.39 is 5.97 Å². The van der Waals surface area contributed by atoms with Crippen LogP contribution in [0.3, 0.4) is 0 Å². The molecular formula is C25H25ClN6O3. The number of nitrogens with one attached hydrogen (secondary N) is 1. The van der Waals surface area contributed by atoms with Crippen molar-refractivity contribution >= 4 is 40.1 Å². The van der Waals surface area contributed by atoms with E-state index in [1.54, 1.807) is 12.1 Å². The van der Waals surface area contributed by atoms with Crippen molar-refractivity contribution in [3.05, 3.63) is 51.9 Å². The second kappa shape index (κ2) is 8.95. The Labute approximate surface area is 207 Å². The Morgan fingerprint density at radius 2 is 2.00 bits per heavy atom. The van der Waals surface area contributed by atoms with Gasteiger partial charge in [-0.2, -0.15) is 5.26 Å². The number of nitrogens with zero attached hydrogens (tertiary/aromatic N) is 5. The Hall–Kier alpha value is -3.48. The number of carboxylic acid groups (broad SMARTS) is 1. The zero-order valence-electron chi connectivity index (χ0n) is 19.5. The number of carboxylic acids is 1. The molecule has 0 unspecified atom stereocenters. The topological polar surface area (TPSA) is 124 Å². The van der Waals surface area contributed by atoms with Crippen LogP contribution in [0.25, 0.3) is 11.0 Å². The van der Waals surface area contributed by atoms with Crippen LogP contribution in [0.4, 0.5) is 11.5 Å². The van der Waals surface area contributed by atoms with Gasteiger partial charge in [-0.05, 0) is 56.9 Å². The quantitative estimate of drug-likeness (QED) is 0.495. The van der Waals surface area contributed by atoms with E-state index in [1.807, 2.05) is 26.0 Å². The summed E-state index contributed by atoms with van der Waals surface area (Å²) in [5.74, 6) is -0.596. The monoisotopic (exact) mass is 492 g/mol. The number of nitriles is 1. The fourth-order valence-corrected chi connectivity index (χ4v) is 5.03. The lowest BCUT2D eigenvalue weighted by atomic mass is 9.84. The summed E-state index contributed by atoms with van der Waals surface area (Å²) >= 11 is 5.90. The van der Waals surface area contributed by atoms with E-state index in [-0.39, 0.29) is 22.5 Å². The van der Waals surface area contributed by atoms with Gasteiger partial charge in [-0.15, -0.1) is 0 Å². The van der Waals surface area contributed by atoms with Gasteiger partial charge >= 0.3 is 5.97 Å². The maximum absolute atomic E-state index is 11.7. The number of hydrogen-bond acceptors (Lipinski definition) is 8. The van der Waals surface area contributed by atoms with Crippen molar-refractivity contribution in [2.24, 2.45) is 0 Å². The minimum Gasteiger partial charge on any atom is -0.476 e. The zero-order valence-corrected chi connectivity index (χ0v) is 20.3. The molecule has 3 aromatic rings. The van der Waals surface area contributed by atoms with Crippen molar-refractivity contribution in [1.29, 1.82) is 5.26 Å². The second-order valence-corrected chi connectivity index (χ2v) is 9.59. The third-order valence-corrected chi connectivity index (χ3v) is 7.08. The van der Waals surface area contributed by atoms with Crippen LogP contribution in [-0.4, -0.2) is 51.3 Å². The number of fused-ring (bicyclic) bond motifs is 1. The van der Waals surface area contributed by atoms with E-state index in [0.717, 1.165) is 50.1 Å². The average molecular weight is 493 g/mol. The Bertz CT molecular complexity index is 1360. The van der Waals surface area contributed by atoms with Gasteiger partial charge in [0, 0.05) is 18.7 Å². The molecule has 2 N–H and O–H groups in total. The summed E-state index contributed by atoms with van der Waals surface area (Å²) in [6, 6.07) is 8.95. The molecule has 180 valence electrons. The van der Waals surface area contributed by atoms with E-state index in [0.29, 0.717) is 28.2 Å². The van der Waals surface area contributed by atoms with Crippen LogP contribution in [0.2, 0.25) is 5.15 Å². The number of anilines is 2. The predicted molar refractivity (Wildman–Crippen MR) is 132 cm³/mol. The molecule has 2 fully saturated rings. The lowest BCUT2D eigenvalue weighted by Gasteiger charge is -2.47. The molecule has 35 heavy (non-hydrogen) atoms. The van der Waals surface area contributed by atoms with Crippen molar-refractivity contribution < 1.29 is 14.6 Å². The van der Waals surface area contributed by atoms with E-state index in [1.165, 1.54) is 0 Å². The Balaban J connectivity index is 1.53. The highest BCUT2D eigenvalue weighted by Crippen LogP contribution is 2.38. The van der Waals surface area contributed by atoms with Crippen LogP contribution in [0.5, 0.6) is 0 Å². The molecule has 2 aliphatic rings. The van der Waals surface area contributed by atoms with Gasteiger partial charge in [-0.1, -0.05) is 17.7 Å². The number of carbonyl (C=O) groups is 1. The Morgan fingerprint density at radius 3 is 2.63 bits per heavy atom. The summed E-state index contributed by atoms with van der Waals surface area (Å²) in [5, 5.41) is 22.7. The molecule has 2 aromatic heterocycles. The van der Waals surface area contributed by atoms with Crippen LogP contribution in [0, 0.1) is 18.3 Å². The number of aryl methyl sites for hydroxylation is 1. The first kappa shape index (κ1) is 23.3. The SMILES string of the molecule is Cc1cc([C@@H](C)Nc2ccc(Cl)nc2C(=O)O)c2nc(N3CCC4(CCO4)CC3)c(C#N)nc2c1. The van der Waals surface area contributed by atoms with E-state index in [4.69, 9.17) is 21.3 Å². The highest BCUT2D eigenvalue weighted by molar-refractivity contribution is 6.29. The van der Waals surface area contributed by atoms with Crippen LogP contribution in [0.15, 0.2) is 24.3 Å². The molecule has 0 amide bonds. The lowest BCUT2D eigenvalue weighted by molar-refractivity contribution is -0.158. The molecule has 1 aromatic carbocycles. The molecule has 4 heterocycles. The van der Waals surface area contributed by atoms with Crippen molar-refractivity contribution in [2.75, 3.05) is 29.9 Å². The van der Waals surface area contributed by atoms with Gasteiger partial charge in [0.1, 0.15) is 11.2 Å². The molecule has 5 rings (SSSR count). The summed E-state index contributed by atoms with van der Waals surface area (Å²) in [7, 11) is 0. The first-order chi connectivity index (χ1) is 16.8. The third-order valence-electron chi connectivity index (χ3n) is 6.87. The van der Waals surface area contributed by atoms with E-state index in [2.05, 4.69) is 26.3 Å². The van der Waals surface area contributed by atoms with Crippen LogP contribution in [0.1, 0.15) is 59.5 Å². The number of hydrogen-bond donors (Lipinski definition) is 2. The maximum atomic E-state index is 11.7. The molecule has 10 heteroatoms. The first-order valence-electron chi connectivity index (χ1n) is 11.6. The van der Waals surface area contributed by atoms with Gasteiger partial charge in [0.25, 0.3) is 0 Å². The zero-order chi connectivity index (χ0) is 24.7. The fraction of sp³-hybridized carbons (Fsp3) is 0.400. The number of halogens is 1. The van der Waals surface area contributed by atoms with Crippen LogP contribution in [-0.2, 0) is 4.74 Å². The molecule has 2 aliphatic heterocycles. The number of piperidine rings is 1. The summed E-state index contributed by atoms with van der Waals surface area (Å²) in [5.41, 5.74) is 3.59. The van der Waals surface area contributed by atoms with Crippen LogP contribution < -0.4 is 10.2 Å². The minimum absolute atomic E-state index is 0.0112. The Morgan fingerprint density at radius 1 is 1.26 bits per heavy atom. The smallest absolute Gasteiger partial charge is 0.356 e. The number of pyridine rings is 1. The molecule has 0 bridgehead atoms. The predicted octanol–water partition coefficient (Wildman–Crippen LogP) is 4.49. The number of benzene rings is 1. The summed E-state index contributed by atoms with van der Waals surface area (Å²) in [6.45, 7) is 6.20. The van der Waals surface area contributed by atoms with E-state index in [9.17, 15) is 15.2 Å². The summed E-state index contributed by atoms with van der Waals surface area (Å²) in [6.07, 6.45) is 2.88. The highest BCUT2D eigenvalue weighted by Gasteiger charge is 2.41. The van der Waals surface area contributed by atoms with Crippen LogP contribution >= 0.6 is 11.6 Å². The molecule has 2 saturated heterocycles. The maximum Gasteiger partial charge on any atom is 0.356 e. The second-order valence-electron chi connectivity index (χ2n) is 9.20. The van der Waals surface area contributed by atoms with E-state index >= 15 is 0 Å². The number of aromatic carboxylic acids is 1. The van der Waals surface area contributed by atoms with Crippen molar-refractivity contribution in [3.63, 3.8) is 0 Å². The minimum atomic E-state index is -1.17. The normalized spacial score (nSPS) is 17.6. The molecule has 0 radical (unpaired) electrons. The van der Waals surface area contributed by atoms with Gasteiger partial charge in [0.2, 0.25) is 0 Å². The number of aromatic nitrogens is 3. The largest absolute Gasteiger partial charge is 0.476 e. The van der Waals surface area contributed by atoms with Gasteiger partial charge < -0.3 is 20.1 Å². The van der Waals surface area contributed by atoms with Crippen molar-refractivity contribution in [3.8, 4) is 6.07 Å². The number of ether oxygens (including phenoxy) is 1. The summed E-state index contributed by atoms with van der Waals surface area (Å²) in [4.78, 5) is 27.4. The Kier molecular flexibility index (Phi) is 5.95. The van der Waals surface area contributed by atoms with Crippen molar-refractivity contribution in [1.82, 2.24) is 15.0 Å². The molecule has 1 atom stereocenters. The van der Waals surface area contributed by atoms with Gasteiger partial charge in [0.15, 0.2) is 17.2 Å². The van der Waals surface area contributed by atoms with Gasteiger partial charge in [0.05, 0.1) is 35.0 Å². The standard InChI is InChI=1S/C25H25ClN6O3/c1-14-11-16(15(2)28-17-3-4-20(26)30-22(17)24(33)34)21-18(12-14)29-19(13-27)23(31-21)32-8-5-25(6-9-32)7-10-35-25/h3-4,11-12,15,28H,5-10H2,1-2H3,(H,33,34)/t15-/m1/s1. The third kappa shape index (κ3) is 4.35. The lowest BCUT2D eigenvalue weighted by Crippen LogP contribution is -2.52.